The second-order valence-corrected chi connectivity index (χ2v) is 6.88. The number of benzene rings is 1. The quantitative estimate of drug-likeness (QED) is 0.475. The second kappa shape index (κ2) is 7.56. The van der Waals surface area contributed by atoms with Crippen molar-refractivity contribution < 1.29 is 14.4 Å². The molecule has 0 spiro atoms. The number of carbonyl (C=O) groups excluding carboxylic acids is 1. The van der Waals surface area contributed by atoms with Gasteiger partial charge in [0, 0.05) is 5.41 Å². The second-order valence-electron chi connectivity index (χ2n) is 6.88. The third-order valence-corrected chi connectivity index (χ3v) is 3.20. The Balaban J connectivity index is 2.71. The average Bonchev–Trinajstić information content (AvgIpc) is 2.42. The molecule has 0 bridgehead atoms. The molecule has 0 heterocycles. The Labute approximate surface area is 133 Å². The largest absolute Gasteiger partial charge is 0.459 e. The molecule has 0 aliphatic rings. The van der Waals surface area contributed by atoms with Gasteiger partial charge in [-0.05, 0) is 26.3 Å². The van der Waals surface area contributed by atoms with Crippen molar-refractivity contribution in [2.24, 2.45) is 5.41 Å². The summed E-state index contributed by atoms with van der Waals surface area (Å²) in [5.74, 6) is -0.356. The van der Waals surface area contributed by atoms with Crippen molar-refractivity contribution in [2.75, 3.05) is 0 Å². The Hall–Kier alpha value is -1.65. The molecule has 1 atom stereocenters. The molecule has 0 radical (unpaired) electrons. The van der Waals surface area contributed by atoms with Crippen LogP contribution in [-0.2, 0) is 21.0 Å². The lowest BCUT2D eigenvalue weighted by Gasteiger charge is -2.32. The van der Waals surface area contributed by atoms with Gasteiger partial charge in [-0.3, -0.25) is 9.63 Å². The van der Waals surface area contributed by atoms with Crippen LogP contribution in [0.15, 0.2) is 43.0 Å². The summed E-state index contributed by atoms with van der Waals surface area (Å²) in [6.07, 6.45) is 1.72. The molecule has 0 saturated carbocycles. The molecule has 0 unspecified atom stereocenters. The number of rotatable bonds is 7. The SMILES string of the molecule is C=CC(C)(C)[C@H](NOCc1ccccc1)C(=O)OC(C)(C)C. The first kappa shape index (κ1) is 18.4. The summed E-state index contributed by atoms with van der Waals surface area (Å²) in [7, 11) is 0. The van der Waals surface area contributed by atoms with E-state index in [2.05, 4.69) is 12.1 Å². The van der Waals surface area contributed by atoms with Gasteiger partial charge >= 0.3 is 5.97 Å². The molecule has 4 heteroatoms. The van der Waals surface area contributed by atoms with Gasteiger partial charge in [0.15, 0.2) is 0 Å². The van der Waals surface area contributed by atoms with E-state index in [1.807, 2.05) is 65.0 Å². The van der Waals surface area contributed by atoms with Crippen LogP contribution in [-0.4, -0.2) is 17.6 Å². The summed E-state index contributed by atoms with van der Waals surface area (Å²) < 4.78 is 5.46. The van der Waals surface area contributed by atoms with E-state index >= 15 is 0 Å². The zero-order chi connectivity index (χ0) is 16.8. The van der Waals surface area contributed by atoms with E-state index in [4.69, 9.17) is 9.57 Å². The van der Waals surface area contributed by atoms with Crippen molar-refractivity contribution in [1.82, 2.24) is 5.48 Å². The van der Waals surface area contributed by atoms with Crippen molar-refractivity contribution in [1.29, 1.82) is 0 Å². The molecule has 122 valence electrons. The van der Waals surface area contributed by atoms with Gasteiger partial charge in [-0.1, -0.05) is 50.3 Å². The number of nitrogens with one attached hydrogen (secondary N) is 1. The van der Waals surface area contributed by atoms with E-state index in [0.717, 1.165) is 5.56 Å². The molecule has 4 nitrogen and oxygen atoms in total. The lowest BCUT2D eigenvalue weighted by atomic mass is 9.85. The highest BCUT2D eigenvalue weighted by Crippen LogP contribution is 2.24. The monoisotopic (exact) mass is 305 g/mol. The van der Waals surface area contributed by atoms with E-state index in [1.165, 1.54) is 0 Å². The molecule has 0 fully saturated rings. The third kappa shape index (κ3) is 6.00. The van der Waals surface area contributed by atoms with Crippen molar-refractivity contribution in [3.8, 4) is 0 Å². The molecule has 1 rings (SSSR count). The van der Waals surface area contributed by atoms with Gasteiger partial charge in [-0.25, -0.2) is 0 Å². The molecule has 1 aromatic rings. The third-order valence-electron chi connectivity index (χ3n) is 3.20. The molecular formula is C18H27NO3. The van der Waals surface area contributed by atoms with Crippen LogP contribution >= 0.6 is 0 Å². The van der Waals surface area contributed by atoms with E-state index < -0.39 is 17.1 Å². The predicted molar refractivity (Wildman–Crippen MR) is 88.0 cm³/mol. The number of ether oxygens (including phenoxy) is 1. The van der Waals surface area contributed by atoms with E-state index in [9.17, 15) is 4.79 Å². The Bertz CT molecular complexity index is 489. The Kier molecular flexibility index (Phi) is 6.33. The minimum Gasteiger partial charge on any atom is -0.459 e. The lowest BCUT2D eigenvalue weighted by molar-refractivity contribution is -0.166. The number of hydrogen-bond acceptors (Lipinski definition) is 4. The van der Waals surface area contributed by atoms with Crippen LogP contribution < -0.4 is 5.48 Å². The lowest BCUT2D eigenvalue weighted by Crippen LogP contribution is -2.49. The van der Waals surface area contributed by atoms with E-state index in [1.54, 1.807) is 6.08 Å². The summed E-state index contributed by atoms with van der Waals surface area (Å²) >= 11 is 0. The summed E-state index contributed by atoms with van der Waals surface area (Å²) in [5.41, 5.74) is 2.81. The minimum absolute atomic E-state index is 0.356. The van der Waals surface area contributed by atoms with Crippen molar-refractivity contribution in [2.45, 2.75) is 52.9 Å². The molecule has 0 aromatic heterocycles. The van der Waals surface area contributed by atoms with Crippen LogP contribution in [0.3, 0.4) is 0 Å². The summed E-state index contributed by atoms with van der Waals surface area (Å²) in [5, 5.41) is 0. The fourth-order valence-electron chi connectivity index (χ4n) is 1.76. The smallest absolute Gasteiger partial charge is 0.326 e. The zero-order valence-corrected chi connectivity index (χ0v) is 14.2. The van der Waals surface area contributed by atoms with Crippen molar-refractivity contribution >= 4 is 5.97 Å². The average molecular weight is 305 g/mol. The fourth-order valence-corrected chi connectivity index (χ4v) is 1.76. The molecule has 0 saturated heterocycles. The maximum Gasteiger partial charge on any atom is 0.326 e. The van der Waals surface area contributed by atoms with Gasteiger partial charge in [0.05, 0.1) is 6.61 Å². The topological polar surface area (TPSA) is 47.6 Å². The Morgan fingerprint density at radius 1 is 1.23 bits per heavy atom. The van der Waals surface area contributed by atoms with E-state index in [0.29, 0.717) is 6.61 Å². The summed E-state index contributed by atoms with van der Waals surface area (Å²) in [6.45, 7) is 13.5. The Morgan fingerprint density at radius 3 is 2.32 bits per heavy atom. The summed E-state index contributed by atoms with van der Waals surface area (Å²) in [6, 6.07) is 9.12. The molecule has 22 heavy (non-hydrogen) atoms. The zero-order valence-electron chi connectivity index (χ0n) is 14.2. The van der Waals surface area contributed by atoms with Gasteiger partial charge in [0.1, 0.15) is 11.6 Å². The first-order chi connectivity index (χ1) is 10.2. The number of hydroxylamine groups is 1. The highest BCUT2D eigenvalue weighted by atomic mass is 16.7. The maximum absolute atomic E-state index is 12.4. The molecule has 0 aliphatic heterocycles. The van der Waals surface area contributed by atoms with Crippen LogP contribution in [0.4, 0.5) is 0 Å². The number of hydrogen-bond donors (Lipinski definition) is 1. The van der Waals surface area contributed by atoms with Crippen LogP contribution in [0.1, 0.15) is 40.2 Å². The minimum atomic E-state index is -0.632. The highest BCUT2D eigenvalue weighted by molar-refractivity contribution is 5.77. The van der Waals surface area contributed by atoms with Crippen LogP contribution in [0, 0.1) is 5.41 Å². The molecule has 1 N–H and O–H groups in total. The van der Waals surface area contributed by atoms with Gasteiger partial charge in [-0.15, -0.1) is 6.58 Å². The first-order valence-corrected chi connectivity index (χ1v) is 7.43. The first-order valence-electron chi connectivity index (χ1n) is 7.43. The van der Waals surface area contributed by atoms with Crippen molar-refractivity contribution in [3.05, 3.63) is 48.6 Å². The molecule has 0 amide bonds. The molecular weight excluding hydrogens is 278 g/mol. The van der Waals surface area contributed by atoms with Gasteiger partial charge in [0.25, 0.3) is 0 Å². The summed E-state index contributed by atoms with van der Waals surface area (Å²) in [4.78, 5) is 17.9. The predicted octanol–water partition coefficient (Wildman–Crippen LogP) is 3.63. The normalized spacial score (nSPS) is 13.5. The van der Waals surface area contributed by atoms with Gasteiger partial charge < -0.3 is 4.74 Å². The standard InChI is InChI=1S/C18H27NO3/c1-7-18(5,6)15(16(20)22-17(2,3)4)19-21-13-14-11-9-8-10-12-14/h7-12,15,19H,1,13H2,2-6H3/t15-/m1/s1. The molecule has 0 aliphatic carbocycles. The van der Waals surface area contributed by atoms with Crippen LogP contribution in [0.2, 0.25) is 0 Å². The number of esters is 1. The molecule has 1 aromatic carbocycles. The van der Waals surface area contributed by atoms with Crippen LogP contribution in [0.5, 0.6) is 0 Å². The van der Waals surface area contributed by atoms with Gasteiger partial charge in [0.2, 0.25) is 0 Å². The maximum atomic E-state index is 12.4. The van der Waals surface area contributed by atoms with Crippen LogP contribution in [0.25, 0.3) is 0 Å². The van der Waals surface area contributed by atoms with Crippen molar-refractivity contribution in [3.63, 3.8) is 0 Å². The highest BCUT2D eigenvalue weighted by Gasteiger charge is 2.36. The van der Waals surface area contributed by atoms with Gasteiger partial charge in [-0.2, -0.15) is 5.48 Å². The number of carbonyl (C=O) groups is 1. The fraction of sp³-hybridized carbons (Fsp3) is 0.500. The Morgan fingerprint density at radius 2 is 1.82 bits per heavy atom. The van der Waals surface area contributed by atoms with E-state index in [-0.39, 0.29) is 5.97 Å².